The molecule has 1 aliphatic heterocycles. The molecule has 0 aromatic heterocycles. The van der Waals surface area contributed by atoms with Crippen molar-refractivity contribution < 1.29 is 33.6 Å². The zero-order valence-electron chi connectivity index (χ0n) is 13.1. The van der Waals surface area contributed by atoms with Crippen LogP contribution in [-0.4, -0.2) is 68.2 Å². The molecular weight excluding hydrogens is 280 g/mol. The molecule has 0 aromatic rings. The van der Waals surface area contributed by atoms with E-state index in [9.17, 15) is 9.90 Å². The Labute approximate surface area is 125 Å². The third-order valence-electron chi connectivity index (χ3n) is 3.12. The van der Waals surface area contributed by atoms with Crippen LogP contribution >= 0.6 is 0 Å². The molecule has 0 radical (unpaired) electrons. The van der Waals surface area contributed by atoms with Gasteiger partial charge in [0.15, 0.2) is 12.4 Å². The minimum Gasteiger partial charge on any atom is -0.457 e. The van der Waals surface area contributed by atoms with E-state index in [1.54, 1.807) is 0 Å². The monoisotopic (exact) mass is 306 g/mol. The third-order valence-corrected chi connectivity index (χ3v) is 3.12. The Bertz CT molecular complexity index is 310. The molecule has 124 valence electrons. The molecule has 0 aromatic carbocycles. The summed E-state index contributed by atoms with van der Waals surface area (Å²) < 4.78 is 27.3. The standard InChI is InChI=1S/C14H26O7/c1-5-17-8-10-11(20-9(4)15)12(18-6-2)13(19-7-3)14(16)21-10/h10-14,16H,5-8H2,1-4H3. The van der Waals surface area contributed by atoms with Gasteiger partial charge in [0.25, 0.3) is 0 Å². The maximum Gasteiger partial charge on any atom is 0.303 e. The summed E-state index contributed by atoms with van der Waals surface area (Å²) in [5.41, 5.74) is 0. The van der Waals surface area contributed by atoms with Crippen LogP contribution in [0.2, 0.25) is 0 Å². The Morgan fingerprint density at radius 2 is 1.67 bits per heavy atom. The van der Waals surface area contributed by atoms with E-state index in [0.29, 0.717) is 19.8 Å². The predicted octanol–water partition coefficient (Wildman–Crippen LogP) is 0.482. The smallest absolute Gasteiger partial charge is 0.303 e. The fourth-order valence-corrected chi connectivity index (χ4v) is 2.35. The Balaban J connectivity index is 2.92. The van der Waals surface area contributed by atoms with Crippen LogP contribution in [0.3, 0.4) is 0 Å². The van der Waals surface area contributed by atoms with Gasteiger partial charge in [-0.25, -0.2) is 0 Å². The average molecular weight is 306 g/mol. The number of ether oxygens (including phenoxy) is 5. The highest BCUT2D eigenvalue weighted by atomic mass is 16.7. The van der Waals surface area contributed by atoms with Gasteiger partial charge >= 0.3 is 5.97 Å². The summed E-state index contributed by atoms with van der Waals surface area (Å²) >= 11 is 0. The summed E-state index contributed by atoms with van der Waals surface area (Å²) in [5, 5.41) is 10.1. The number of hydrogen-bond donors (Lipinski definition) is 1. The Morgan fingerprint density at radius 1 is 1.05 bits per heavy atom. The maximum atomic E-state index is 11.3. The van der Waals surface area contributed by atoms with Crippen molar-refractivity contribution in [1.82, 2.24) is 0 Å². The normalized spacial score (nSPS) is 32.9. The molecular formula is C14H26O7. The van der Waals surface area contributed by atoms with E-state index in [2.05, 4.69) is 0 Å². The van der Waals surface area contributed by atoms with Gasteiger partial charge in [0.1, 0.15) is 18.3 Å². The van der Waals surface area contributed by atoms with Crippen LogP contribution in [0.1, 0.15) is 27.7 Å². The van der Waals surface area contributed by atoms with E-state index in [1.807, 2.05) is 20.8 Å². The molecule has 1 rings (SSSR count). The molecule has 0 spiro atoms. The van der Waals surface area contributed by atoms with Gasteiger partial charge in [0.05, 0.1) is 6.61 Å². The minimum absolute atomic E-state index is 0.202. The average Bonchev–Trinajstić information content (AvgIpc) is 2.43. The highest BCUT2D eigenvalue weighted by Gasteiger charge is 2.48. The quantitative estimate of drug-likeness (QED) is 0.653. The van der Waals surface area contributed by atoms with Crippen molar-refractivity contribution in [1.29, 1.82) is 0 Å². The molecule has 21 heavy (non-hydrogen) atoms. The SMILES string of the molecule is CCOCC1OC(O)C(OCC)C(OCC)C1OC(C)=O. The van der Waals surface area contributed by atoms with Crippen LogP contribution in [0.15, 0.2) is 0 Å². The molecule has 5 unspecified atom stereocenters. The minimum atomic E-state index is -1.15. The van der Waals surface area contributed by atoms with Crippen molar-refractivity contribution in [2.75, 3.05) is 26.4 Å². The summed E-state index contributed by atoms with van der Waals surface area (Å²) in [5.74, 6) is -0.443. The first kappa shape index (κ1) is 18.3. The van der Waals surface area contributed by atoms with Crippen molar-refractivity contribution >= 4 is 5.97 Å². The van der Waals surface area contributed by atoms with E-state index in [1.165, 1.54) is 6.92 Å². The van der Waals surface area contributed by atoms with Crippen molar-refractivity contribution in [3.05, 3.63) is 0 Å². The molecule has 7 heteroatoms. The van der Waals surface area contributed by atoms with Gasteiger partial charge in [0, 0.05) is 26.7 Å². The second-order valence-corrected chi connectivity index (χ2v) is 4.64. The zero-order valence-corrected chi connectivity index (χ0v) is 13.1. The first-order valence-electron chi connectivity index (χ1n) is 7.36. The molecule has 1 saturated heterocycles. The second-order valence-electron chi connectivity index (χ2n) is 4.64. The first-order chi connectivity index (χ1) is 10.0. The molecule has 5 atom stereocenters. The number of carbonyl (C=O) groups excluding carboxylic acids is 1. The van der Waals surface area contributed by atoms with Crippen LogP contribution in [0, 0.1) is 0 Å². The van der Waals surface area contributed by atoms with Crippen molar-refractivity contribution in [2.45, 2.75) is 58.4 Å². The van der Waals surface area contributed by atoms with Gasteiger partial charge in [0.2, 0.25) is 0 Å². The van der Waals surface area contributed by atoms with Crippen LogP contribution in [0.5, 0.6) is 0 Å². The first-order valence-corrected chi connectivity index (χ1v) is 7.36. The van der Waals surface area contributed by atoms with Crippen molar-refractivity contribution in [3.63, 3.8) is 0 Å². The Hall–Kier alpha value is -0.730. The van der Waals surface area contributed by atoms with Crippen molar-refractivity contribution in [3.8, 4) is 0 Å². The van der Waals surface area contributed by atoms with Gasteiger partial charge in [-0.3, -0.25) is 4.79 Å². The Morgan fingerprint density at radius 3 is 2.19 bits per heavy atom. The topological polar surface area (TPSA) is 83.5 Å². The number of rotatable bonds is 8. The lowest BCUT2D eigenvalue weighted by molar-refractivity contribution is -0.306. The summed E-state index contributed by atoms with van der Waals surface area (Å²) in [6.07, 6.45) is -3.75. The van der Waals surface area contributed by atoms with Gasteiger partial charge in [-0.2, -0.15) is 0 Å². The highest BCUT2D eigenvalue weighted by Crippen LogP contribution is 2.27. The lowest BCUT2D eigenvalue weighted by Gasteiger charge is -2.43. The number of aliphatic hydroxyl groups excluding tert-OH is 1. The summed E-state index contributed by atoms with van der Waals surface area (Å²) in [4.78, 5) is 11.3. The largest absolute Gasteiger partial charge is 0.457 e. The molecule has 0 saturated carbocycles. The van der Waals surface area contributed by atoms with E-state index < -0.39 is 36.7 Å². The fraction of sp³-hybridized carbons (Fsp3) is 0.929. The van der Waals surface area contributed by atoms with E-state index in [-0.39, 0.29) is 6.61 Å². The summed E-state index contributed by atoms with van der Waals surface area (Å²) in [7, 11) is 0. The molecule has 1 fully saturated rings. The lowest BCUT2D eigenvalue weighted by atomic mass is 9.98. The van der Waals surface area contributed by atoms with Crippen LogP contribution in [0.4, 0.5) is 0 Å². The lowest BCUT2D eigenvalue weighted by Crippen LogP contribution is -2.61. The molecule has 1 aliphatic rings. The summed E-state index contributed by atoms with van der Waals surface area (Å²) in [6, 6.07) is 0. The van der Waals surface area contributed by atoms with E-state index in [0.717, 1.165) is 0 Å². The predicted molar refractivity (Wildman–Crippen MR) is 73.8 cm³/mol. The van der Waals surface area contributed by atoms with Crippen LogP contribution < -0.4 is 0 Å². The molecule has 7 nitrogen and oxygen atoms in total. The highest BCUT2D eigenvalue weighted by molar-refractivity contribution is 5.66. The van der Waals surface area contributed by atoms with Gasteiger partial charge in [-0.15, -0.1) is 0 Å². The van der Waals surface area contributed by atoms with Gasteiger partial charge in [-0.1, -0.05) is 0 Å². The molecule has 0 amide bonds. The fourth-order valence-electron chi connectivity index (χ4n) is 2.35. The van der Waals surface area contributed by atoms with E-state index >= 15 is 0 Å². The molecule has 1 N–H and O–H groups in total. The maximum absolute atomic E-state index is 11.3. The van der Waals surface area contributed by atoms with Crippen LogP contribution in [0.25, 0.3) is 0 Å². The van der Waals surface area contributed by atoms with Gasteiger partial charge in [-0.05, 0) is 20.8 Å². The molecule has 1 heterocycles. The summed E-state index contributed by atoms with van der Waals surface area (Å²) in [6.45, 7) is 8.29. The number of carbonyl (C=O) groups is 1. The van der Waals surface area contributed by atoms with Gasteiger partial charge < -0.3 is 28.8 Å². The molecule has 0 aliphatic carbocycles. The number of aliphatic hydroxyl groups is 1. The number of hydrogen-bond acceptors (Lipinski definition) is 7. The Kier molecular flexibility index (Phi) is 8.13. The third kappa shape index (κ3) is 5.19. The van der Waals surface area contributed by atoms with Crippen LogP contribution in [-0.2, 0) is 28.5 Å². The number of esters is 1. The van der Waals surface area contributed by atoms with E-state index in [4.69, 9.17) is 23.7 Å². The van der Waals surface area contributed by atoms with Crippen molar-refractivity contribution in [2.24, 2.45) is 0 Å². The zero-order chi connectivity index (χ0) is 15.8. The molecule has 0 bridgehead atoms. The second kappa shape index (κ2) is 9.32.